The number of nitrogens with zero attached hydrogens (tertiary/aromatic N) is 1. The number of quaternary nitrogens is 1. The minimum Gasteiger partial charge on any atom is -0.550 e. The van der Waals surface area contributed by atoms with Gasteiger partial charge in [-0.1, -0.05) is 6.07 Å². The molecule has 2 N–H and O–H groups in total. The summed E-state index contributed by atoms with van der Waals surface area (Å²) in [5, 5.41) is 13.0. The standard InChI is InChI=1S/C16H21N3O4/c1-18-7-9-19(10-8-18)16(23)12-3-2-4-13(11-12)17-14(20)5-6-15(21)22/h2-4,11H,5-10H2,1H3,(H,17,20)(H,21,22). The SMILES string of the molecule is C[NH+]1CCN(C(=O)c2cccc(NC(=O)CCC(=O)[O-])c2)CC1. The van der Waals surface area contributed by atoms with Gasteiger partial charge >= 0.3 is 0 Å². The quantitative estimate of drug-likeness (QED) is 0.665. The Bertz CT molecular complexity index is 595. The summed E-state index contributed by atoms with van der Waals surface area (Å²) in [5.41, 5.74) is 1.00. The lowest BCUT2D eigenvalue weighted by Gasteiger charge is -2.30. The van der Waals surface area contributed by atoms with Crippen LogP contribution in [0.25, 0.3) is 0 Å². The first-order valence-corrected chi connectivity index (χ1v) is 7.66. The van der Waals surface area contributed by atoms with E-state index in [-0.39, 0.29) is 18.7 Å². The lowest BCUT2D eigenvalue weighted by Crippen LogP contribution is -3.12. The van der Waals surface area contributed by atoms with Gasteiger partial charge in [0.05, 0.1) is 33.2 Å². The van der Waals surface area contributed by atoms with Crippen molar-refractivity contribution >= 4 is 23.5 Å². The maximum absolute atomic E-state index is 12.5. The predicted molar refractivity (Wildman–Crippen MR) is 81.8 cm³/mol. The maximum Gasteiger partial charge on any atom is 0.254 e. The maximum atomic E-state index is 12.5. The van der Waals surface area contributed by atoms with E-state index >= 15 is 0 Å². The molecule has 1 heterocycles. The fraction of sp³-hybridized carbons (Fsp3) is 0.438. The summed E-state index contributed by atoms with van der Waals surface area (Å²) in [6.45, 7) is 3.27. The van der Waals surface area contributed by atoms with Crippen LogP contribution in [-0.4, -0.2) is 55.9 Å². The summed E-state index contributed by atoms with van der Waals surface area (Å²) in [6.07, 6.45) is -0.476. The predicted octanol–water partition coefficient (Wildman–Crippen LogP) is -1.87. The molecule has 0 spiro atoms. The summed E-state index contributed by atoms with van der Waals surface area (Å²) in [5.74, 6) is -1.73. The summed E-state index contributed by atoms with van der Waals surface area (Å²) >= 11 is 0. The Morgan fingerprint density at radius 2 is 1.91 bits per heavy atom. The van der Waals surface area contributed by atoms with Gasteiger partial charge in [-0.25, -0.2) is 0 Å². The molecule has 23 heavy (non-hydrogen) atoms. The van der Waals surface area contributed by atoms with Crippen LogP contribution in [0.3, 0.4) is 0 Å². The molecular weight excluding hydrogens is 298 g/mol. The second-order valence-corrected chi connectivity index (χ2v) is 5.75. The number of anilines is 1. The first-order valence-electron chi connectivity index (χ1n) is 7.66. The summed E-state index contributed by atoms with van der Waals surface area (Å²) in [4.78, 5) is 37.7. The number of carboxylic acids is 1. The zero-order chi connectivity index (χ0) is 16.8. The monoisotopic (exact) mass is 319 g/mol. The Labute approximate surface area is 134 Å². The van der Waals surface area contributed by atoms with Crippen molar-refractivity contribution in [1.82, 2.24) is 4.90 Å². The van der Waals surface area contributed by atoms with Gasteiger partial charge in [-0.3, -0.25) is 9.59 Å². The first-order chi connectivity index (χ1) is 11.0. The molecule has 7 heteroatoms. The van der Waals surface area contributed by atoms with Gasteiger partial charge in [0, 0.05) is 23.6 Å². The number of carbonyl (C=O) groups excluding carboxylic acids is 3. The molecule has 0 aromatic heterocycles. The molecule has 0 unspecified atom stereocenters. The van der Waals surface area contributed by atoms with Crippen LogP contribution >= 0.6 is 0 Å². The lowest BCUT2D eigenvalue weighted by molar-refractivity contribution is -0.883. The largest absolute Gasteiger partial charge is 0.550 e. The van der Waals surface area contributed by atoms with Crippen LogP contribution in [0.15, 0.2) is 24.3 Å². The molecule has 7 nitrogen and oxygen atoms in total. The Balaban J connectivity index is 1.97. The molecule has 1 aromatic rings. The molecule has 1 saturated heterocycles. The van der Waals surface area contributed by atoms with E-state index in [0.29, 0.717) is 24.3 Å². The number of nitrogens with one attached hydrogen (secondary N) is 2. The molecule has 0 bridgehead atoms. The van der Waals surface area contributed by atoms with Gasteiger partial charge < -0.3 is 25.0 Å². The average molecular weight is 319 g/mol. The number of likely N-dealkylation sites (N-methyl/N-ethyl adjacent to an activating group) is 1. The van der Waals surface area contributed by atoms with E-state index in [1.165, 1.54) is 4.90 Å². The van der Waals surface area contributed by atoms with E-state index in [2.05, 4.69) is 12.4 Å². The third-order valence-corrected chi connectivity index (χ3v) is 3.85. The average Bonchev–Trinajstić information content (AvgIpc) is 2.53. The van der Waals surface area contributed by atoms with Gasteiger partial charge in [0.25, 0.3) is 5.91 Å². The van der Waals surface area contributed by atoms with Gasteiger partial charge in [-0.2, -0.15) is 0 Å². The molecule has 1 aliphatic heterocycles. The molecule has 1 aromatic carbocycles. The van der Waals surface area contributed by atoms with Crippen LogP contribution in [0.5, 0.6) is 0 Å². The Morgan fingerprint density at radius 3 is 2.57 bits per heavy atom. The van der Waals surface area contributed by atoms with Gasteiger partial charge in [-0.05, 0) is 24.6 Å². The van der Waals surface area contributed by atoms with Crippen molar-refractivity contribution in [3.05, 3.63) is 29.8 Å². The highest BCUT2D eigenvalue weighted by molar-refractivity contribution is 5.97. The number of hydrogen-bond acceptors (Lipinski definition) is 4. The third kappa shape index (κ3) is 5.07. The first kappa shape index (κ1) is 17.0. The molecule has 1 fully saturated rings. The number of carbonyl (C=O) groups is 3. The molecule has 0 atom stereocenters. The fourth-order valence-corrected chi connectivity index (χ4v) is 2.44. The van der Waals surface area contributed by atoms with Gasteiger partial charge in [0.2, 0.25) is 5.91 Å². The van der Waals surface area contributed by atoms with Crippen molar-refractivity contribution in [1.29, 1.82) is 0 Å². The highest BCUT2D eigenvalue weighted by Gasteiger charge is 2.22. The topological polar surface area (TPSA) is 94.0 Å². The van der Waals surface area contributed by atoms with Crippen molar-refractivity contribution < 1.29 is 24.4 Å². The number of carboxylic acid groups (broad SMARTS) is 1. The minimum atomic E-state index is -1.26. The second kappa shape index (κ2) is 7.73. The third-order valence-electron chi connectivity index (χ3n) is 3.85. The van der Waals surface area contributed by atoms with Crippen LogP contribution in [0, 0.1) is 0 Å². The van der Waals surface area contributed by atoms with Gasteiger partial charge in [0.15, 0.2) is 0 Å². The Hall–Kier alpha value is -2.41. The Morgan fingerprint density at radius 1 is 1.22 bits per heavy atom. The molecule has 2 rings (SSSR count). The molecule has 1 aliphatic rings. The second-order valence-electron chi connectivity index (χ2n) is 5.75. The number of rotatable bonds is 5. The van der Waals surface area contributed by atoms with Crippen LogP contribution in [0.1, 0.15) is 23.2 Å². The number of hydrogen-bond donors (Lipinski definition) is 2. The van der Waals surface area contributed by atoms with E-state index in [0.717, 1.165) is 13.1 Å². The lowest BCUT2D eigenvalue weighted by atomic mass is 10.1. The number of piperazine rings is 1. The van der Waals surface area contributed by atoms with Crippen molar-refractivity contribution in [3.8, 4) is 0 Å². The number of benzene rings is 1. The molecular formula is C16H21N3O4. The van der Waals surface area contributed by atoms with E-state index in [9.17, 15) is 19.5 Å². The van der Waals surface area contributed by atoms with Gasteiger partial charge in [-0.15, -0.1) is 0 Å². The van der Waals surface area contributed by atoms with E-state index < -0.39 is 11.9 Å². The highest BCUT2D eigenvalue weighted by Crippen LogP contribution is 2.13. The van der Waals surface area contributed by atoms with Crippen LogP contribution in [-0.2, 0) is 9.59 Å². The van der Waals surface area contributed by atoms with Crippen LogP contribution in [0.4, 0.5) is 5.69 Å². The summed E-state index contributed by atoms with van der Waals surface area (Å²) in [6, 6.07) is 6.69. The molecule has 124 valence electrons. The zero-order valence-electron chi connectivity index (χ0n) is 13.1. The van der Waals surface area contributed by atoms with E-state index in [1.54, 1.807) is 24.3 Å². The summed E-state index contributed by atoms with van der Waals surface area (Å²) < 4.78 is 0. The van der Waals surface area contributed by atoms with E-state index in [4.69, 9.17) is 0 Å². The Kier molecular flexibility index (Phi) is 5.70. The van der Waals surface area contributed by atoms with Crippen molar-refractivity contribution in [2.24, 2.45) is 0 Å². The van der Waals surface area contributed by atoms with Crippen molar-refractivity contribution in [2.75, 3.05) is 38.5 Å². The smallest absolute Gasteiger partial charge is 0.254 e. The van der Waals surface area contributed by atoms with Crippen LogP contribution in [0.2, 0.25) is 0 Å². The van der Waals surface area contributed by atoms with Gasteiger partial charge in [0.1, 0.15) is 0 Å². The molecule has 0 saturated carbocycles. The van der Waals surface area contributed by atoms with E-state index in [1.807, 2.05) is 4.90 Å². The molecule has 2 amide bonds. The van der Waals surface area contributed by atoms with Crippen LogP contribution < -0.4 is 15.3 Å². The summed E-state index contributed by atoms with van der Waals surface area (Å²) in [7, 11) is 2.10. The zero-order valence-corrected chi connectivity index (χ0v) is 13.1. The number of amides is 2. The normalized spacial score (nSPS) is 15.3. The minimum absolute atomic E-state index is 0.0525. The number of aliphatic carboxylic acids is 1. The highest BCUT2D eigenvalue weighted by atomic mass is 16.4. The molecule has 0 aliphatic carbocycles. The molecule has 0 radical (unpaired) electrons. The fourth-order valence-electron chi connectivity index (χ4n) is 2.44. The van der Waals surface area contributed by atoms with Crippen molar-refractivity contribution in [3.63, 3.8) is 0 Å². The van der Waals surface area contributed by atoms with Crippen molar-refractivity contribution in [2.45, 2.75) is 12.8 Å².